The van der Waals surface area contributed by atoms with Gasteiger partial charge in [-0.3, -0.25) is 9.69 Å². The van der Waals surface area contributed by atoms with Crippen molar-refractivity contribution in [3.8, 4) is 0 Å². The Morgan fingerprint density at radius 1 is 1.30 bits per heavy atom. The quantitative estimate of drug-likeness (QED) is 0.733. The van der Waals surface area contributed by atoms with Crippen LogP contribution in [0.3, 0.4) is 0 Å². The fourth-order valence-corrected chi connectivity index (χ4v) is 4.48. The van der Waals surface area contributed by atoms with E-state index in [-0.39, 0.29) is 11.4 Å². The molecule has 0 spiro atoms. The van der Waals surface area contributed by atoms with Crippen molar-refractivity contribution in [2.45, 2.75) is 44.7 Å². The first kappa shape index (κ1) is 18.6. The van der Waals surface area contributed by atoms with E-state index in [2.05, 4.69) is 24.1 Å². The van der Waals surface area contributed by atoms with Gasteiger partial charge in [-0.15, -0.1) is 0 Å². The van der Waals surface area contributed by atoms with Crippen LogP contribution in [0.5, 0.6) is 0 Å². The van der Waals surface area contributed by atoms with Crippen LogP contribution in [0.25, 0.3) is 0 Å². The number of nitrogens with one attached hydrogen (secondary N) is 1. The van der Waals surface area contributed by atoms with E-state index in [9.17, 15) is 13.2 Å². The molecule has 0 bridgehead atoms. The van der Waals surface area contributed by atoms with Gasteiger partial charge in [0.15, 0.2) is 0 Å². The first-order chi connectivity index (χ1) is 10.8. The predicted octanol–water partition coefficient (Wildman–Crippen LogP) is 0.0275. The van der Waals surface area contributed by atoms with Crippen LogP contribution in [0.2, 0.25) is 0 Å². The molecule has 23 heavy (non-hydrogen) atoms. The second-order valence-corrected chi connectivity index (χ2v) is 8.63. The molecule has 0 aromatic heterocycles. The molecular weight excluding hydrogens is 318 g/mol. The maximum Gasteiger partial charge on any atom is 0.238 e. The molecular formula is C15H29N3O4S. The number of ether oxygens (including phenoxy) is 1. The Hall–Kier alpha value is -0.700. The fourth-order valence-electron chi connectivity index (χ4n) is 3.36. The van der Waals surface area contributed by atoms with Crippen LogP contribution in [0, 0.1) is 0 Å². The molecule has 0 saturated carbocycles. The van der Waals surface area contributed by atoms with Gasteiger partial charge in [-0.1, -0.05) is 6.92 Å². The second-order valence-electron chi connectivity index (χ2n) is 6.70. The molecule has 0 aromatic carbocycles. The monoisotopic (exact) mass is 347 g/mol. The topological polar surface area (TPSA) is 79.0 Å². The Kier molecular flexibility index (Phi) is 6.05. The molecule has 2 saturated heterocycles. The molecule has 2 aliphatic heterocycles. The minimum absolute atomic E-state index is 0.131. The zero-order chi connectivity index (χ0) is 17.1. The molecule has 0 aromatic rings. The number of hydrogen-bond acceptors (Lipinski definition) is 5. The zero-order valence-corrected chi connectivity index (χ0v) is 15.2. The van der Waals surface area contributed by atoms with Crippen LogP contribution in [-0.4, -0.2) is 80.8 Å². The van der Waals surface area contributed by atoms with Gasteiger partial charge >= 0.3 is 0 Å². The Labute approximate surface area is 139 Å². The lowest BCUT2D eigenvalue weighted by molar-refractivity contribution is -0.125. The molecule has 0 radical (unpaired) electrons. The molecule has 2 atom stereocenters. The van der Waals surface area contributed by atoms with Gasteiger partial charge in [0.25, 0.3) is 0 Å². The maximum absolute atomic E-state index is 12.5. The highest BCUT2D eigenvalue weighted by atomic mass is 32.2. The third-order valence-corrected chi connectivity index (χ3v) is 6.40. The third-order valence-electron chi connectivity index (χ3n) is 5.11. The molecule has 7 nitrogen and oxygen atoms in total. The second kappa shape index (κ2) is 7.46. The van der Waals surface area contributed by atoms with E-state index >= 15 is 0 Å². The van der Waals surface area contributed by atoms with Crippen molar-refractivity contribution in [2.75, 3.05) is 45.6 Å². The molecule has 8 heteroatoms. The Morgan fingerprint density at radius 3 is 2.52 bits per heavy atom. The zero-order valence-electron chi connectivity index (χ0n) is 14.4. The summed E-state index contributed by atoms with van der Waals surface area (Å²) in [7, 11) is -3.33. The Balaban J connectivity index is 1.96. The normalized spacial score (nSPS) is 26.8. The van der Waals surface area contributed by atoms with Crippen LogP contribution in [0.4, 0.5) is 0 Å². The lowest BCUT2D eigenvalue weighted by Crippen LogP contribution is -2.58. The summed E-state index contributed by atoms with van der Waals surface area (Å²) in [6, 6.07) is -0.559. The molecule has 1 N–H and O–H groups in total. The van der Waals surface area contributed by atoms with Crippen LogP contribution in [0.1, 0.15) is 33.1 Å². The summed E-state index contributed by atoms with van der Waals surface area (Å²) in [6.07, 6.45) is 3.41. The summed E-state index contributed by atoms with van der Waals surface area (Å²) in [5.41, 5.74) is -0.131. The SMILES string of the molecule is CC[C@](C)(CNC(=O)[C@H]1CCCN1S(C)(=O)=O)N1CCOCC1. The number of morpholine rings is 1. The highest BCUT2D eigenvalue weighted by molar-refractivity contribution is 7.88. The number of hydrogen-bond donors (Lipinski definition) is 1. The van der Waals surface area contributed by atoms with Gasteiger partial charge in [0.2, 0.25) is 15.9 Å². The minimum atomic E-state index is -3.33. The van der Waals surface area contributed by atoms with Crippen LogP contribution >= 0.6 is 0 Å². The number of carbonyl (C=O) groups is 1. The van der Waals surface area contributed by atoms with Gasteiger partial charge in [0, 0.05) is 31.7 Å². The van der Waals surface area contributed by atoms with E-state index < -0.39 is 16.1 Å². The highest BCUT2D eigenvalue weighted by Crippen LogP contribution is 2.22. The number of amides is 1. The lowest BCUT2D eigenvalue weighted by atomic mass is 9.95. The molecule has 2 fully saturated rings. The van der Waals surface area contributed by atoms with Crippen molar-refractivity contribution >= 4 is 15.9 Å². The van der Waals surface area contributed by atoms with Crippen molar-refractivity contribution < 1.29 is 17.9 Å². The number of carbonyl (C=O) groups excluding carboxylic acids is 1. The molecule has 2 heterocycles. The summed E-state index contributed by atoms with van der Waals surface area (Å²) in [6.45, 7) is 8.36. The molecule has 2 rings (SSSR count). The summed E-state index contributed by atoms with van der Waals surface area (Å²) in [5.74, 6) is -0.180. The Morgan fingerprint density at radius 2 is 1.96 bits per heavy atom. The average molecular weight is 347 g/mol. The maximum atomic E-state index is 12.5. The highest BCUT2D eigenvalue weighted by Gasteiger charge is 2.38. The molecule has 2 aliphatic rings. The molecule has 1 amide bonds. The van der Waals surface area contributed by atoms with Crippen molar-refractivity contribution in [1.29, 1.82) is 0 Å². The summed E-state index contributed by atoms with van der Waals surface area (Å²) >= 11 is 0. The summed E-state index contributed by atoms with van der Waals surface area (Å²) in [5, 5.41) is 2.99. The van der Waals surface area contributed by atoms with Gasteiger partial charge in [-0.25, -0.2) is 8.42 Å². The van der Waals surface area contributed by atoms with Crippen LogP contribution in [-0.2, 0) is 19.6 Å². The predicted molar refractivity (Wildman–Crippen MR) is 88.7 cm³/mol. The van der Waals surface area contributed by atoms with E-state index in [0.717, 1.165) is 25.9 Å². The van der Waals surface area contributed by atoms with E-state index in [1.54, 1.807) is 0 Å². The Bertz CT molecular complexity index is 519. The lowest BCUT2D eigenvalue weighted by Gasteiger charge is -2.43. The van der Waals surface area contributed by atoms with E-state index in [4.69, 9.17) is 4.74 Å². The third kappa shape index (κ3) is 4.43. The van der Waals surface area contributed by atoms with Crippen molar-refractivity contribution in [3.63, 3.8) is 0 Å². The number of sulfonamides is 1. The standard InChI is InChI=1S/C15H29N3O4S/c1-4-15(2,17-8-10-22-11-9-17)12-16-14(19)13-6-5-7-18(13)23(3,20)21/h13H,4-12H2,1-3H3,(H,16,19)/t13-,15-/m1/s1. The molecule has 0 aliphatic carbocycles. The summed E-state index contributed by atoms with van der Waals surface area (Å²) in [4.78, 5) is 14.8. The van der Waals surface area contributed by atoms with Crippen molar-refractivity contribution in [1.82, 2.24) is 14.5 Å². The molecule has 134 valence electrons. The van der Waals surface area contributed by atoms with Crippen molar-refractivity contribution in [2.24, 2.45) is 0 Å². The van der Waals surface area contributed by atoms with Gasteiger partial charge in [-0.05, 0) is 26.2 Å². The van der Waals surface area contributed by atoms with E-state index in [1.807, 2.05) is 0 Å². The average Bonchev–Trinajstić information content (AvgIpc) is 3.03. The number of nitrogens with zero attached hydrogens (tertiary/aromatic N) is 2. The van der Waals surface area contributed by atoms with E-state index in [0.29, 0.717) is 32.7 Å². The van der Waals surface area contributed by atoms with Gasteiger partial charge in [0.1, 0.15) is 6.04 Å². The van der Waals surface area contributed by atoms with Crippen LogP contribution in [0.15, 0.2) is 0 Å². The first-order valence-electron chi connectivity index (χ1n) is 8.35. The smallest absolute Gasteiger partial charge is 0.238 e. The fraction of sp³-hybridized carbons (Fsp3) is 0.933. The van der Waals surface area contributed by atoms with Gasteiger partial charge in [-0.2, -0.15) is 4.31 Å². The van der Waals surface area contributed by atoms with Crippen molar-refractivity contribution in [3.05, 3.63) is 0 Å². The largest absolute Gasteiger partial charge is 0.379 e. The van der Waals surface area contributed by atoms with Crippen LogP contribution < -0.4 is 5.32 Å². The van der Waals surface area contributed by atoms with Gasteiger partial charge < -0.3 is 10.1 Å². The first-order valence-corrected chi connectivity index (χ1v) is 10.2. The van der Waals surface area contributed by atoms with Gasteiger partial charge in [0.05, 0.1) is 19.5 Å². The summed E-state index contributed by atoms with van der Waals surface area (Å²) < 4.78 is 30.3. The minimum Gasteiger partial charge on any atom is -0.379 e. The molecule has 0 unspecified atom stereocenters. The number of rotatable bonds is 6. The van der Waals surface area contributed by atoms with E-state index in [1.165, 1.54) is 10.6 Å².